The Morgan fingerprint density at radius 2 is 1.04 bits per heavy atom. The minimum atomic E-state index is 0.920. The van der Waals surface area contributed by atoms with E-state index < -0.39 is 0 Å². The molecule has 0 saturated carbocycles. The molecule has 0 atom stereocenters. The molecule has 0 amide bonds. The van der Waals surface area contributed by atoms with E-state index in [1.165, 1.54) is 58.7 Å². The minimum Gasteiger partial charge on any atom is -0.309 e. The smallest absolute Gasteiger partial charge is 0.145 e. The molecule has 0 fully saturated rings. The summed E-state index contributed by atoms with van der Waals surface area (Å²) in [6.07, 6.45) is 0. The largest absolute Gasteiger partial charge is 0.309 e. The minimum absolute atomic E-state index is 0.920. The topological polar surface area (TPSA) is 22.8 Å². The first-order valence-electron chi connectivity index (χ1n) is 18.0. The third-order valence-corrected chi connectivity index (χ3v) is 11.8. The number of hydrogen-bond donors (Lipinski definition) is 0. The van der Waals surface area contributed by atoms with Crippen LogP contribution in [0.15, 0.2) is 188 Å². The van der Waals surface area contributed by atoms with Gasteiger partial charge < -0.3 is 4.57 Å². The Balaban J connectivity index is 1.06. The second-order valence-corrected chi connectivity index (χ2v) is 14.6. The molecule has 0 saturated heterocycles. The summed E-state index contributed by atoms with van der Waals surface area (Å²) in [6, 6.07) is 67.7. The predicted octanol–water partition coefficient (Wildman–Crippen LogP) is 13.5. The van der Waals surface area contributed by atoms with Crippen LogP contribution in [-0.2, 0) is 0 Å². The lowest BCUT2D eigenvalue weighted by Gasteiger charge is -2.13. The van der Waals surface area contributed by atoms with Gasteiger partial charge in [-0.15, -0.1) is 11.3 Å². The molecule has 4 heteroatoms. The van der Waals surface area contributed by atoms with Crippen LogP contribution in [0.3, 0.4) is 0 Å². The third-order valence-electron chi connectivity index (χ3n) is 10.5. The van der Waals surface area contributed by atoms with Gasteiger partial charge in [-0.1, -0.05) is 121 Å². The van der Waals surface area contributed by atoms with Crippen LogP contribution in [-0.4, -0.2) is 14.1 Å². The maximum atomic E-state index is 5.27. The molecule has 11 aromatic rings. The van der Waals surface area contributed by atoms with E-state index in [1.807, 2.05) is 11.3 Å². The number of aromatic nitrogens is 3. The molecule has 8 aromatic carbocycles. The molecule has 0 bridgehead atoms. The van der Waals surface area contributed by atoms with Gasteiger partial charge in [-0.25, -0.2) is 4.98 Å². The van der Waals surface area contributed by atoms with Crippen molar-refractivity contribution in [2.45, 2.75) is 0 Å². The summed E-state index contributed by atoms with van der Waals surface area (Å²) in [4.78, 5) is 5.27. The van der Waals surface area contributed by atoms with Crippen LogP contribution in [0, 0.1) is 0 Å². The van der Waals surface area contributed by atoms with E-state index in [0.717, 1.165) is 39.4 Å². The Kier molecular flexibility index (Phi) is 6.73. The lowest BCUT2D eigenvalue weighted by Crippen LogP contribution is -1.99. The fourth-order valence-electron chi connectivity index (χ4n) is 8.15. The first-order chi connectivity index (χ1) is 26.3. The SMILES string of the molecule is c1ccc(-c2cccc3nc(-c4ccc(-n5c6ccccc6c6cc(-c7cccc8c7sc7ccccc78)ccc65)cc4)n(-c4ccccc4)c23)cc1. The van der Waals surface area contributed by atoms with Gasteiger partial charge in [0.2, 0.25) is 0 Å². The molecule has 248 valence electrons. The van der Waals surface area contributed by atoms with Gasteiger partial charge in [-0.05, 0) is 83.4 Å². The summed E-state index contributed by atoms with van der Waals surface area (Å²) in [5.74, 6) is 0.920. The van der Waals surface area contributed by atoms with E-state index in [4.69, 9.17) is 4.98 Å². The van der Waals surface area contributed by atoms with E-state index >= 15 is 0 Å². The molecule has 3 heterocycles. The van der Waals surface area contributed by atoms with Crippen molar-refractivity contribution in [3.8, 4) is 45.0 Å². The Morgan fingerprint density at radius 1 is 0.396 bits per heavy atom. The molecule has 0 aliphatic carbocycles. The summed E-state index contributed by atoms with van der Waals surface area (Å²) >= 11 is 1.88. The van der Waals surface area contributed by atoms with Crippen LogP contribution in [0.25, 0.3) is 98.0 Å². The number of nitrogens with zero attached hydrogens (tertiary/aromatic N) is 3. The van der Waals surface area contributed by atoms with E-state index in [1.54, 1.807) is 0 Å². The number of rotatable bonds is 5. The Bertz CT molecular complexity index is 3150. The van der Waals surface area contributed by atoms with E-state index in [2.05, 4.69) is 197 Å². The van der Waals surface area contributed by atoms with Gasteiger partial charge in [0.1, 0.15) is 5.82 Å². The summed E-state index contributed by atoms with van der Waals surface area (Å²) in [5, 5.41) is 5.14. The fourth-order valence-corrected chi connectivity index (χ4v) is 9.39. The summed E-state index contributed by atoms with van der Waals surface area (Å²) in [7, 11) is 0. The zero-order chi connectivity index (χ0) is 34.9. The zero-order valence-corrected chi connectivity index (χ0v) is 29.5. The quantitative estimate of drug-likeness (QED) is 0.176. The van der Waals surface area contributed by atoms with Crippen LogP contribution >= 0.6 is 11.3 Å². The van der Waals surface area contributed by atoms with Gasteiger partial charge >= 0.3 is 0 Å². The van der Waals surface area contributed by atoms with E-state index in [0.29, 0.717) is 0 Å². The molecule has 0 aliphatic heterocycles. The van der Waals surface area contributed by atoms with Crippen molar-refractivity contribution in [1.29, 1.82) is 0 Å². The molecule has 0 N–H and O–H groups in total. The number of thiophene rings is 1. The standard InChI is InChI=1S/C49H31N3S/c1-3-13-32(14-4-1)37-19-12-22-43-47(37)52(35-15-5-2-6-16-35)49(50-43)33-25-28-36(29-26-33)51-44-23-9-7-17-39(44)42-31-34(27-30-45(42)51)38-20-11-21-41-40-18-8-10-24-46(40)53-48(38)41/h1-31H. The molecule has 3 nitrogen and oxygen atoms in total. The molecule has 11 rings (SSSR count). The maximum Gasteiger partial charge on any atom is 0.145 e. The Labute approximate surface area is 310 Å². The van der Waals surface area contributed by atoms with Gasteiger partial charge in [0.05, 0.1) is 22.1 Å². The number of imidazole rings is 1. The van der Waals surface area contributed by atoms with Crippen molar-refractivity contribution in [3.63, 3.8) is 0 Å². The fraction of sp³-hybridized carbons (Fsp3) is 0. The predicted molar refractivity (Wildman–Crippen MR) is 225 cm³/mol. The Morgan fingerprint density at radius 3 is 1.89 bits per heavy atom. The van der Waals surface area contributed by atoms with Gasteiger partial charge in [0.25, 0.3) is 0 Å². The lowest BCUT2D eigenvalue weighted by molar-refractivity contribution is 1.10. The van der Waals surface area contributed by atoms with Crippen LogP contribution in [0.2, 0.25) is 0 Å². The average Bonchev–Trinajstić information content (AvgIpc) is 3.91. The van der Waals surface area contributed by atoms with Crippen LogP contribution < -0.4 is 0 Å². The van der Waals surface area contributed by atoms with Crippen molar-refractivity contribution in [2.75, 3.05) is 0 Å². The van der Waals surface area contributed by atoms with Gasteiger partial charge in [0, 0.05) is 53.4 Å². The highest BCUT2D eigenvalue weighted by molar-refractivity contribution is 7.26. The first kappa shape index (κ1) is 29.9. The van der Waals surface area contributed by atoms with Crippen LogP contribution in [0.4, 0.5) is 0 Å². The molecular formula is C49H31N3S. The molecular weight excluding hydrogens is 663 g/mol. The third kappa shape index (κ3) is 4.70. The van der Waals surface area contributed by atoms with Crippen molar-refractivity contribution < 1.29 is 0 Å². The zero-order valence-electron chi connectivity index (χ0n) is 28.6. The van der Waals surface area contributed by atoms with Crippen LogP contribution in [0.1, 0.15) is 0 Å². The highest BCUT2D eigenvalue weighted by Gasteiger charge is 2.19. The van der Waals surface area contributed by atoms with Gasteiger partial charge in [-0.2, -0.15) is 0 Å². The molecule has 0 aliphatic rings. The van der Waals surface area contributed by atoms with Crippen molar-refractivity contribution in [2.24, 2.45) is 0 Å². The number of hydrogen-bond acceptors (Lipinski definition) is 2. The lowest BCUT2D eigenvalue weighted by atomic mass is 10.0. The maximum absolute atomic E-state index is 5.27. The van der Waals surface area contributed by atoms with Gasteiger partial charge in [0.15, 0.2) is 0 Å². The van der Waals surface area contributed by atoms with Crippen molar-refractivity contribution in [1.82, 2.24) is 14.1 Å². The highest BCUT2D eigenvalue weighted by atomic mass is 32.1. The number of fused-ring (bicyclic) bond motifs is 7. The molecule has 0 unspecified atom stereocenters. The summed E-state index contributed by atoms with van der Waals surface area (Å²) in [5.41, 5.74) is 12.6. The van der Waals surface area contributed by atoms with Crippen molar-refractivity contribution >= 4 is 64.3 Å². The summed E-state index contributed by atoms with van der Waals surface area (Å²) in [6.45, 7) is 0. The number of benzene rings is 8. The molecule has 0 spiro atoms. The van der Waals surface area contributed by atoms with E-state index in [-0.39, 0.29) is 0 Å². The average molecular weight is 694 g/mol. The monoisotopic (exact) mass is 693 g/mol. The number of para-hydroxylation sites is 3. The van der Waals surface area contributed by atoms with Crippen molar-refractivity contribution in [3.05, 3.63) is 188 Å². The molecule has 0 radical (unpaired) electrons. The Hall–Kier alpha value is -6.75. The summed E-state index contributed by atoms with van der Waals surface area (Å²) < 4.78 is 7.37. The molecule has 3 aromatic heterocycles. The van der Waals surface area contributed by atoms with Crippen LogP contribution in [0.5, 0.6) is 0 Å². The highest BCUT2D eigenvalue weighted by Crippen LogP contribution is 2.42. The second-order valence-electron chi connectivity index (χ2n) is 13.6. The second kappa shape index (κ2) is 11.9. The normalized spacial score (nSPS) is 11.8. The molecule has 53 heavy (non-hydrogen) atoms. The van der Waals surface area contributed by atoms with Gasteiger partial charge in [-0.3, -0.25) is 4.57 Å². The van der Waals surface area contributed by atoms with E-state index in [9.17, 15) is 0 Å². The first-order valence-corrected chi connectivity index (χ1v) is 18.8.